The smallest absolute Gasteiger partial charge is 0.243 e. The van der Waals surface area contributed by atoms with Crippen molar-refractivity contribution >= 4 is 12.0 Å². The highest BCUT2D eigenvalue weighted by Gasteiger charge is 1.92. The van der Waals surface area contributed by atoms with Crippen molar-refractivity contribution in [3.05, 3.63) is 35.9 Å². The summed E-state index contributed by atoms with van der Waals surface area (Å²) >= 11 is 0. The average Bonchev–Trinajstić information content (AvgIpc) is 2.15. The molecule has 0 spiro atoms. The van der Waals surface area contributed by atoms with E-state index in [1.165, 1.54) is 6.08 Å². The molecule has 0 bridgehead atoms. The fraction of sp³-hybridized carbons (Fsp3) is 0.182. The standard InChI is InChI=1S/C11H13NO2/c1-2-12-11(14)7-6-9-4-3-5-10(13)8-9/h3-8,13H,2H2,1H3,(H,12,14)/b7-6+. The molecule has 0 heterocycles. The van der Waals surface area contributed by atoms with Gasteiger partial charge in [-0.2, -0.15) is 0 Å². The van der Waals surface area contributed by atoms with Gasteiger partial charge >= 0.3 is 0 Å². The second-order valence-corrected chi connectivity index (χ2v) is 2.82. The van der Waals surface area contributed by atoms with Crippen LogP contribution in [0.3, 0.4) is 0 Å². The topological polar surface area (TPSA) is 49.3 Å². The zero-order valence-electron chi connectivity index (χ0n) is 8.03. The first kappa shape index (κ1) is 10.3. The third kappa shape index (κ3) is 3.31. The highest BCUT2D eigenvalue weighted by molar-refractivity contribution is 5.91. The van der Waals surface area contributed by atoms with Crippen molar-refractivity contribution in [2.24, 2.45) is 0 Å². The number of benzene rings is 1. The number of carbonyl (C=O) groups is 1. The molecule has 1 amide bonds. The molecule has 0 atom stereocenters. The minimum absolute atomic E-state index is 0.129. The van der Waals surface area contributed by atoms with Crippen LogP contribution in [0.1, 0.15) is 12.5 Å². The molecule has 0 aliphatic heterocycles. The van der Waals surface area contributed by atoms with Crippen LogP contribution in [-0.2, 0) is 4.79 Å². The Kier molecular flexibility index (Phi) is 3.73. The molecule has 0 aromatic heterocycles. The molecule has 0 radical (unpaired) electrons. The quantitative estimate of drug-likeness (QED) is 0.712. The van der Waals surface area contributed by atoms with Crippen LogP contribution in [0.2, 0.25) is 0 Å². The van der Waals surface area contributed by atoms with Crippen LogP contribution in [0.4, 0.5) is 0 Å². The Labute approximate surface area is 83.1 Å². The van der Waals surface area contributed by atoms with Gasteiger partial charge in [-0.05, 0) is 30.7 Å². The predicted molar refractivity (Wildman–Crippen MR) is 55.8 cm³/mol. The SMILES string of the molecule is CCNC(=O)/C=C/c1cccc(O)c1. The Bertz CT molecular complexity index is 345. The van der Waals surface area contributed by atoms with Gasteiger partial charge in [0.2, 0.25) is 5.91 Å². The molecule has 2 N–H and O–H groups in total. The summed E-state index contributed by atoms with van der Waals surface area (Å²) in [5.74, 6) is 0.0684. The van der Waals surface area contributed by atoms with Crippen LogP contribution in [0.15, 0.2) is 30.3 Å². The summed E-state index contributed by atoms with van der Waals surface area (Å²) in [4.78, 5) is 11.0. The fourth-order valence-electron chi connectivity index (χ4n) is 1.03. The van der Waals surface area contributed by atoms with Crippen LogP contribution in [0.25, 0.3) is 6.08 Å². The van der Waals surface area contributed by atoms with Crippen molar-refractivity contribution < 1.29 is 9.90 Å². The molecule has 14 heavy (non-hydrogen) atoms. The number of amides is 1. The minimum Gasteiger partial charge on any atom is -0.508 e. The lowest BCUT2D eigenvalue weighted by Crippen LogP contribution is -2.19. The Morgan fingerprint density at radius 1 is 1.57 bits per heavy atom. The minimum atomic E-state index is -0.129. The van der Waals surface area contributed by atoms with E-state index in [1.54, 1.807) is 24.3 Å². The summed E-state index contributed by atoms with van der Waals surface area (Å²) < 4.78 is 0. The van der Waals surface area contributed by atoms with Gasteiger partial charge in [0.1, 0.15) is 5.75 Å². The molecule has 1 aromatic rings. The number of hydrogen-bond acceptors (Lipinski definition) is 2. The van der Waals surface area contributed by atoms with Gasteiger partial charge in [0.25, 0.3) is 0 Å². The van der Waals surface area contributed by atoms with E-state index in [9.17, 15) is 4.79 Å². The van der Waals surface area contributed by atoms with Gasteiger partial charge in [-0.3, -0.25) is 4.79 Å². The van der Waals surface area contributed by atoms with Crippen molar-refractivity contribution in [1.82, 2.24) is 5.32 Å². The maximum atomic E-state index is 11.0. The molecular formula is C11H13NO2. The highest BCUT2D eigenvalue weighted by Crippen LogP contribution is 2.11. The number of rotatable bonds is 3. The van der Waals surface area contributed by atoms with Crippen molar-refractivity contribution in [2.75, 3.05) is 6.54 Å². The van der Waals surface area contributed by atoms with Crippen molar-refractivity contribution in [1.29, 1.82) is 0 Å². The van der Waals surface area contributed by atoms with Gasteiger partial charge in [-0.25, -0.2) is 0 Å². The number of nitrogens with one attached hydrogen (secondary N) is 1. The van der Waals surface area contributed by atoms with Crippen LogP contribution >= 0.6 is 0 Å². The molecule has 0 aliphatic rings. The molecule has 3 nitrogen and oxygen atoms in total. The van der Waals surface area contributed by atoms with E-state index in [-0.39, 0.29) is 11.7 Å². The molecule has 0 unspecified atom stereocenters. The van der Waals surface area contributed by atoms with E-state index in [2.05, 4.69) is 5.32 Å². The van der Waals surface area contributed by atoms with Crippen LogP contribution < -0.4 is 5.32 Å². The second-order valence-electron chi connectivity index (χ2n) is 2.82. The predicted octanol–water partition coefficient (Wildman–Crippen LogP) is 1.54. The van der Waals surface area contributed by atoms with Crippen molar-refractivity contribution in [2.45, 2.75) is 6.92 Å². The number of hydrogen-bond donors (Lipinski definition) is 2. The summed E-state index contributed by atoms with van der Waals surface area (Å²) in [7, 11) is 0. The van der Waals surface area contributed by atoms with Crippen molar-refractivity contribution in [3.63, 3.8) is 0 Å². The zero-order valence-corrected chi connectivity index (χ0v) is 8.03. The molecular weight excluding hydrogens is 178 g/mol. The average molecular weight is 191 g/mol. The molecule has 0 fully saturated rings. The number of aromatic hydroxyl groups is 1. The van der Waals surface area contributed by atoms with Gasteiger partial charge in [0.15, 0.2) is 0 Å². The summed E-state index contributed by atoms with van der Waals surface area (Å²) in [6.07, 6.45) is 3.10. The van der Waals surface area contributed by atoms with Gasteiger partial charge in [0, 0.05) is 12.6 Å². The van der Waals surface area contributed by atoms with Crippen molar-refractivity contribution in [3.8, 4) is 5.75 Å². The van der Waals surface area contributed by atoms with Crippen LogP contribution in [-0.4, -0.2) is 17.6 Å². The van der Waals surface area contributed by atoms with E-state index in [0.29, 0.717) is 6.54 Å². The largest absolute Gasteiger partial charge is 0.508 e. The van der Waals surface area contributed by atoms with Gasteiger partial charge < -0.3 is 10.4 Å². The summed E-state index contributed by atoms with van der Waals surface area (Å²) in [6.45, 7) is 2.48. The van der Waals surface area contributed by atoms with Crippen LogP contribution in [0, 0.1) is 0 Å². The lowest BCUT2D eigenvalue weighted by Gasteiger charge is -1.96. The molecule has 74 valence electrons. The Balaban J connectivity index is 2.64. The zero-order chi connectivity index (χ0) is 10.4. The molecule has 0 aliphatic carbocycles. The number of phenolic OH excluding ortho intramolecular Hbond substituents is 1. The highest BCUT2D eigenvalue weighted by atomic mass is 16.3. The molecule has 0 saturated carbocycles. The molecule has 1 rings (SSSR count). The lowest BCUT2D eigenvalue weighted by molar-refractivity contribution is -0.116. The molecule has 0 saturated heterocycles. The first-order chi connectivity index (χ1) is 6.72. The van der Waals surface area contributed by atoms with Gasteiger partial charge in [0.05, 0.1) is 0 Å². The summed E-state index contributed by atoms with van der Waals surface area (Å²) in [6, 6.07) is 6.72. The monoisotopic (exact) mass is 191 g/mol. The molecule has 1 aromatic carbocycles. The van der Waals surface area contributed by atoms with Gasteiger partial charge in [-0.1, -0.05) is 12.1 Å². The number of carbonyl (C=O) groups excluding carboxylic acids is 1. The second kappa shape index (κ2) is 5.07. The third-order valence-electron chi connectivity index (χ3n) is 1.65. The van der Waals surface area contributed by atoms with E-state index in [0.717, 1.165) is 5.56 Å². The summed E-state index contributed by atoms with van der Waals surface area (Å²) in [5, 5.41) is 11.8. The fourth-order valence-corrected chi connectivity index (χ4v) is 1.03. The maximum Gasteiger partial charge on any atom is 0.243 e. The maximum absolute atomic E-state index is 11.0. The Morgan fingerprint density at radius 3 is 3.00 bits per heavy atom. The molecule has 3 heteroatoms. The number of likely N-dealkylation sites (N-methyl/N-ethyl adjacent to an activating group) is 1. The Morgan fingerprint density at radius 2 is 2.36 bits per heavy atom. The van der Waals surface area contributed by atoms with E-state index >= 15 is 0 Å². The Hall–Kier alpha value is -1.77. The van der Waals surface area contributed by atoms with Gasteiger partial charge in [-0.15, -0.1) is 0 Å². The van der Waals surface area contributed by atoms with E-state index in [1.807, 2.05) is 13.0 Å². The van der Waals surface area contributed by atoms with E-state index in [4.69, 9.17) is 5.11 Å². The normalized spacial score (nSPS) is 10.4. The number of phenols is 1. The summed E-state index contributed by atoms with van der Waals surface area (Å²) in [5.41, 5.74) is 0.802. The van der Waals surface area contributed by atoms with Crippen LogP contribution in [0.5, 0.6) is 5.75 Å². The first-order valence-electron chi connectivity index (χ1n) is 4.47. The third-order valence-corrected chi connectivity index (χ3v) is 1.65. The van der Waals surface area contributed by atoms with E-state index < -0.39 is 0 Å². The lowest BCUT2D eigenvalue weighted by atomic mass is 10.2. The first-order valence-corrected chi connectivity index (χ1v) is 4.47.